The molecule has 126 valence electrons. The van der Waals surface area contributed by atoms with Crippen LogP contribution in [0.25, 0.3) is 32.5 Å². The number of fused-ring (bicyclic) bond motifs is 3. The van der Waals surface area contributed by atoms with E-state index < -0.39 is 11.7 Å². The molecule has 0 spiro atoms. The summed E-state index contributed by atoms with van der Waals surface area (Å²) < 4.78 is 45.7. The summed E-state index contributed by atoms with van der Waals surface area (Å²) in [7, 11) is 0. The Hall–Kier alpha value is -2.19. The number of thiazole rings is 1. The van der Waals surface area contributed by atoms with Crippen molar-refractivity contribution in [2.45, 2.75) is 6.18 Å². The highest BCUT2D eigenvalue weighted by Crippen LogP contribution is 2.34. The fourth-order valence-corrected chi connectivity index (χ4v) is 4.11. The third-order valence-electron chi connectivity index (χ3n) is 3.70. The van der Waals surface area contributed by atoms with Gasteiger partial charge in [-0.05, 0) is 40.2 Å². The molecular weight excluding hydrogens is 419 g/mol. The van der Waals surface area contributed by atoms with Crippen LogP contribution in [0.2, 0.25) is 0 Å². The van der Waals surface area contributed by atoms with Crippen molar-refractivity contribution in [3.63, 3.8) is 0 Å². The average molecular weight is 426 g/mol. The van der Waals surface area contributed by atoms with Crippen molar-refractivity contribution >= 4 is 48.5 Å². The molecule has 2 aromatic carbocycles. The molecule has 4 aromatic rings. The van der Waals surface area contributed by atoms with Gasteiger partial charge in [-0.2, -0.15) is 13.2 Å². The quantitative estimate of drug-likeness (QED) is 0.384. The van der Waals surface area contributed by atoms with E-state index in [0.717, 1.165) is 12.1 Å². The fourth-order valence-electron chi connectivity index (χ4n) is 2.60. The van der Waals surface area contributed by atoms with Gasteiger partial charge in [0.05, 0.1) is 21.2 Å². The molecule has 0 unspecified atom stereocenters. The largest absolute Gasteiger partial charge is 0.456 e. The number of hydrogen-bond acceptors (Lipinski definition) is 4. The lowest BCUT2D eigenvalue weighted by Crippen LogP contribution is -2.05. The van der Waals surface area contributed by atoms with Crippen LogP contribution in [0.4, 0.5) is 13.2 Å². The highest BCUT2D eigenvalue weighted by atomic mass is 79.9. The van der Waals surface area contributed by atoms with Crippen LogP contribution in [0.1, 0.15) is 5.56 Å². The summed E-state index contributed by atoms with van der Waals surface area (Å²) in [6, 6.07) is 9.21. The zero-order valence-electron chi connectivity index (χ0n) is 12.2. The summed E-state index contributed by atoms with van der Waals surface area (Å²) >= 11 is 4.58. The van der Waals surface area contributed by atoms with E-state index in [1.54, 1.807) is 12.1 Å². The minimum absolute atomic E-state index is 0.0894. The molecule has 8 heteroatoms. The van der Waals surface area contributed by atoms with Crippen LogP contribution in [0.5, 0.6) is 0 Å². The maximum absolute atomic E-state index is 12.9. The molecule has 4 rings (SSSR count). The summed E-state index contributed by atoms with van der Waals surface area (Å²) in [6.45, 7) is 0. The summed E-state index contributed by atoms with van der Waals surface area (Å²) in [4.78, 5) is 16.8. The van der Waals surface area contributed by atoms with Gasteiger partial charge in [0, 0.05) is 11.6 Å². The van der Waals surface area contributed by atoms with Crippen molar-refractivity contribution in [2.24, 2.45) is 0 Å². The summed E-state index contributed by atoms with van der Waals surface area (Å²) in [5.74, 6) is 0.0894. The van der Waals surface area contributed by atoms with Crippen LogP contribution >= 0.6 is 27.3 Å². The van der Waals surface area contributed by atoms with Crippen LogP contribution < -0.4 is 5.43 Å². The number of rotatable bonds is 1. The zero-order valence-corrected chi connectivity index (χ0v) is 14.6. The van der Waals surface area contributed by atoms with E-state index >= 15 is 0 Å². The second-order valence-electron chi connectivity index (χ2n) is 5.31. The third-order valence-corrected chi connectivity index (χ3v) is 5.24. The minimum atomic E-state index is -4.46. The van der Waals surface area contributed by atoms with Crippen molar-refractivity contribution in [2.75, 3.05) is 0 Å². The van der Waals surface area contributed by atoms with Gasteiger partial charge in [-0.3, -0.25) is 4.79 Å². The van der Waals surface area contributed by atoms with Gasteiger partial charge >= 0.3 is 6.18 Å². The van der Waals surface area contributed by atoms with Crippen molar-refractivity contribution in [1.29, 1.82) is 0 Å². The molecule has 2 heterocycles. The van der Waals surface area contributed by atoms with Crippen molar-refractivity contribution < 1.29 is 17.6 Å². The van der Waals surface area contributed by atoms with Gasteiger partial charge in [-0.25, -0.2) is 4.98 Å². The van der Waals surface area contributed by atoms with Crippen LogP contribution in [-0.2, 0) is 6.18 Å². The fraction of sp³-hybridized carbons (Fsp3) is 0.0588. The topological polar surface area (TPSA) is 43.1 Å². The lowest BCUT2D eigenvalue weighted by molar-refractivity contribution is -0.137. The number of halogens is 4. The smallest absolute Gasteiger partial charge is 0.416 e. The van der Waals surface area contributed by atoms with Crippen molar-refractivity contribution in [3.05, 3.63) is 62.2 Å². The van der Waals surface area contributed by atoms with Crippen molar-refractivity contribution in [3.8, 4) is 11.3 Å². The SMILES string of the molecule is O=c1cc(-c2cccc(C(F)(F)F)c2)oc2ccc3nc(Br)sc3c12. The van der Waals surface area contributed by atoms with E-state index in [9.17, 15) is 18.0 Å². The van der Waals surface area contributed by atoms with E-state index in [0.29, 0.717) is 25.1 Å². The Bertz CT molecular complexity index is 1180. The predicted octanol–water partition coefficient (Wildman–Crippen LogP) is 5.85. The number of alkyl halides is 3. The molecule has 2 aromatic heterocycles. The predicted molar refractivity (Wildman–Crippen MR) is 93.8 cm³/mol. The molecule has 25 heavy (non-hydrogen) atoms. The van der Waals surface area contributed by atoms with Gasteiger partial charge < -0.3 is 4.42 Å². The maximum atomic E-state index is 12.9. The Morgan fingerprint density at radius 2 is 1.92 bits per heavy atom. The van der Waals surface area contributed by atoms with E-state index in [2.05, 4.69) is 20.9 Å². The van der Waals surface area contributed by atoms with E-state index in [1.807, 2.05) is 0 Å². The Morgan fingerprint density at radius 3 is 2.68 bits per heavy atom. The Balaban J connectivity index is 1.96. The normalized spacial score (nSPS) is 12.2. The first kappa shape index (κ1) is 16.3. The average Bonchev–Trinajstić information content (AvgIpc) is 2.94. The van der Waals surface area contributed by atoms with Gasteiger partial charge in [-0.15, -0.1) is 11.3 Å². The molecule has 3 nitrogen and oxygen atoms in total. The molecule has 0 radical (unpaired) electrons. The van der Waals surface area contributed by atoms with Gasteiger partial charge in [0.2, 0.25) is 0 Å². The lowest BCUT2D eigenvalue weighted by Gasteiger charge is -2.08. The molecule has 0 amide bonds. The zero-order chi connectivity index (χ0) is 17.8. The highest BCUT2D eigenvalue weighted by molar-refractivity contribution is 9.11. The number of benzene rings is 2. The second-order valence-corrected chi connectivity index (χ2v) is 7.58. The minimum Gasteiger partial charge on any atom is -0.456 e. The molecule has 0 aliphatic rings. The lowest BCUT2D eigenvalue weighted by atomic mass is 10.1. The summed E-state index contributed by atoms with van der Waals surface area (Å²) in [5, 5.41) is 0.372. The van der Waals surface area contributed by atoms with Crippen LogP contribution in [-0.4, -0.2) is 4.98 Å². The summed E-state index contributed by atoms with van der Waals surface area (Å²) in [6.07, 6.45) is -4.46. The Kier molecular flexibility index (Phi) is 3.69. The first-order valence-electron chi connectivity index (χ1n) is 7.03. The van der Waals surface area contributed by atoms with Gasteiger partial charge in [0.15, 0.2) is 9.35 Å². The number of nitrogens with zero attached hydrogens (tertiary/aromatic N) is 1. The Morgan fingerprint density at radius 1 is 1.12 bits per heavy atom. The number of aromatic nitrogens is 1. The maximum Gasteiger partial charge on any atom is 0.416 e. The molecule has 0 bridgehead atoms. The van der Waals surface area contributed by atoms with E-state index in [1.165, 1.54) is 29.5 Å². The molecule has 0 atom stereocenters. The second kappa shape index (κ2) is 5.67. The van der Waals surface area contributed by atoms with Gasteiger partial charge in [0.1, 0.15) is 11.3 Å². The van der Waals surface area contributed by atoms with Crippen molar-refractivity contribution in [1.82, 2.24) is 4.98 Å². The molecule has 0 aliphatic carbocycles. The number of hydrogen-bond donors (Lipinski definition) is 0. The standard InChI is InChI=1S/C17H7BrF3NO2S/c18-16-22-10-4-5-12-14(15(10)25-16)11(23)7-13(24-12)8-2-1-3-9(6-8)17(19,20)21/h1-7H. The van der Waals surface area contributed by atoms with Gasteiger partial charge in [0.25, 0.3) is 0 Å². The van der Waals surface area contributed by atoms with Crippen LogP contribution in [0.3, 0.4) is 0 Å². The third kappa shape index (κ3) is 2.85. The van der Waals surface area contributed by atoms with Gasteiger partial charge in [-0.1, -0.05) is 12.1 Å². The van der Waals surface area contributed by atoms with Crippen LogP contribution in [0, 0.1) is 0 Å². The molecule has 0 aliphatic heterocycles. The summed E-state index contributed by atoms with van der Waals surface area (Å²) in [5.41, 5.74) is 0.0384. The Labute approximate surface area is 150 Å². The molecule has 0 N–H and O–H groups in total. The molecule has 0 saturated carbocycles. The molecule has 0 fully saturated rings. The molecular formula is C17H7BrF3NO2S. The monoisotopic (exact) mass is 425 g/mol. The highest BCUT2D eigenvalue weighted by Gasteiger charge is 2.30. The molecule has 0 saturated heterocycles. The van der Waals surface area contributed by atoms with Crippen LogP contribution in [0.15, 0.2) is 55.6 Å². The first-order valence-corrected chi connectivity index (χ1v) is 8.64. The first-order chi connectivity index (χ1) is 11.8. The van der Waals surface area contributed by atoms with E-state index in [4.69, 9.17) is 4.42 Å². The van der Waals surface area contributed by atoms with E-state index in [-0.39, 0.29) is 16.8 Å².